The van der Waals surface area contributed by atoms with Gasteiger partial charge in [-0.3, -0.25) is 9.78 Å². The molecule has 0 bridgehead atoms. The van der Waals surface area contributed by atoms with Gasteiger partial charge in [-0.2, -0.15) is 4.98 Å². The van der Waals surface area contributed by atoms with Gasteiger partial charge >= 0.3 is 0 Å². The van der Waals surface area contributed by atoms with Crippen molar-refractivity contribution in [2.24, 2.45) is 5.14 Å². The standard InChI is InChI=1S/C16H14FN5O4S/c17-13-4-3-11(27(18,24)25)8-12(13)16(23)20-7-5-14-21-15(22-26-14)10-2-1-6-19-9-10/h1-4,6,8-9H,5,7H2,(H,20,23)(H2,18,24,25). The van der Waals surface area contributed by atoms with E-state index in [-0.39, 0.29) is 23.8 Å². The topological polar surface area (TPSA) is 141 Å². The van der Waals surface area contributed by atoms with Crippen molar-refractivity contribution in [3.8, 4) is 11.4 Å². The zero-order chi connectivity index (χ0) is 19.4. The minimum Gasteiger partial charge on any atom is -0.351 e. The summed E-state index contributed by atoms with van der Waals surface area (Å²) in [7, 11) is -4.05. The molecule has 0 saturated heterocycles. The van der Waals surface area contributed by atoms with Crippen molar-refractivity contribution in [3.63, 3.8) is 0 Å². The Hall–Kier alpha value is -3.18. The molecule has 0 atom stereocenters. The Kier molecular flexibility index (Phi) is 5.23. The SMILES string of the molecule is NS(=O)(=O)c1ccc(F)c(C(=O)NCCc2nc(-c3cccnc3)no2)c1. The summed E-state index contributed by atoms with van der Waals surface area (Å²) < 4.78 is 41.5. The lowest BCUT2D eigenvalue weighted by molar-refractivity contribution is 0.0949. The first-order chi connectivity index (χ1) is 12.8. The predicted octanol–water partition coefficient (Wildman–Crippen LogP) is 0.891. The Morgan fingerprint density at radius 3 is 2.81 bits per heavy atom. The highest BCUT2D eigenvalue weighted by Crippen LogP contribution is 2.15. The lowest BCUT2D eigenvalue weighted by atomic mass is 10.2. The van der Waals surface area contributed by atoms with E-state index in [0.29, 0.717) is 11.4 Å². The highest BCUT2D eigenvalue weighted by molar-refractivity contribution is 7.89. The second kappa shape index (κ2) is 7.60. The first-order valence-corrected chi connectivity index (χ1v) is 9.23. The summed E-state index contributed by atoms with van der Waals surface area (Å²) in [4.78, 5) is 19.9. The van der Waals surface area contributed by atoms with Gasteiger partial charge in [0.2, 0.25) is 21.7 Å². The number of pyridine rings is 1. The quantitative estimate of drug-likeness (QED) is 0.635. The zero-order valence-corrected chi connectivity index (χ0v) is 14.6. The molecule has 0 fully saturated rings. The van der Waals surface area contributed by atoms with E-state index in [1.54, 1.807) is 24.5 Å². The number of amides is 1. The highest BCUT2D eigenvalue weighted by atomic mass is 32.2. The van der Waals surface area contributed by atoms with Crippen molar-refractivity contribution in [1.82, 2.24) is 20.4 Å². The molecule has 1 amide bonds. The number of nitrogens with two attached hydrogens (primary N) is 1. The molecule has 2 aromatic heterocycles. The zero-order valence-electron chi connectivity index (χ0n) is 13.8. The van der Waals surface area contributed by atoms with E-state index in [2.05, 4.69) is 20.4 Å². The normalized spacial score (nSPS) is 11.3. The summed E-state index contributed by atoms with van der Waals surface area (Å²) in [5.74, 6) is -1.02. The van der Waals surface area contributed by atoms with Gasteiger partial charge in [0.25, 0.3) is 5.91 Å². The fraction of sp³-hybridized carbons (Fsp3) is 0.125. The first kappa shape index (κ1) is 18.6. The van der Waals surface area contributed by atoms with E-state index in [1.165, 1.54) is 0 Å². The van der Waals surface area contributed by atoms with Gasteiger partial charge in [-0.05, 0) is 30.3 Å². The van der Waals surface area contributed by atoms with Gasteiger partial charge in [-0.25, -0.2) is 17.9 Å². The van der Waals surface area contributed by atoms with Crippen molar-refractivity contribution < 1.29 is 22.1 Å². The molecule has 27 heavy (non-hydrogen) atoms. The van der Waals surface area contributed by atoms with E-state index in [0.717, 1.165) is 18.2 Å². The number of rotatable bonds is 6. The number of nitrogens with zero attached hydrogens (tertiary/aromatic N) is 3. The molecule has 11 heteroatoms. The Bertz CT molecular complexity index is 1070. The van der Waals surface area contributed by atoms with Crippen LogP contribution in [0.1, 0.15) is 16.2 Å². The number of hydrogen-bond donors (Lipinski definition) is 2. The molecule has 0 spiro atoms. The van der Waals surface area contributed by atoms with E-state index in [1.807, 2.05) is 0 Å². The molecule has 3 rings (SSSR count). The van der Waals surface area contributed by atoms with Crippen molar-refractivity contribution in [2.45, 2.75) is 11.3 Å². The van der Waals surface area contributed by atoms with Crippen molar-refractivity contribution in [3.05, 3.63) is 60.0 Å². The van der Waals surface area contributed by atoms with Crippen LogP contribution in [0.4, 0.5) is 4.39 Å². The van der Waals surface area contributed by atoms with Gasteiger partial charge in [-0.15, -0.1) is 0 Å². The van der Waals surface area contributed by atoms with Crippen LogP contribution in [0.25, 0.3) is 11.4 Å². The van der Waals surface area contributed by atoms with E-state index in [9.17, 15) is 17.6 Å². The maximum Gasteiger partial charge on any atom is 0.254 e. The highest BCUT2D eigenvalue weighted by Gasteiger charge is 2.17. The fourth-order valence-corrected chi connectivity index (χ4v) is 2.74. The molecule has 9 nitrogen and oxygen atoms in total. The van der Waals surface area contributed by atoms with Crippen LogP contribution in [0.5, 0.6) is 0 Å². The number of nitrogens with one attached hydrogen (secondary N) is 1. The number of aromatic nitrogens is 3. The molecule has 3 aromatic rings. The molecule has 0 aliphatic rings. The number of carbonyl (C=O) groups is 1. The summed E-state index contributed by atoms with van der Waals surface area (Å²) in [6.07, 6.45) is 3.40. The molecule has 2 heterocycles. The van der Waals surface area contributed by atoms with Crippen molar-refractivity contribution in [2.75, 3.05) is 6.54 Å². The van der Waals surface area contributed by atoms with Crippen LogP contribution < -0.4 is 10.5 Å². The minimum absolute atomic E-state index is 0.0759. The third-order valence-corrected chi connectivity index (χ3v) is 4.43. The summed E-state index contributed by atoms with van der Waals surface area (Å²) in [5.41, 5.74) is 0.251. The van der Waals surface area contributed by atoms with Crippen molar-refractivity contribution in [1.29, 1.82) is 0 Å². The summed E-state index contributed by atoms with van der Waals surface area (Å²) in [6, 6.07) is 6.24. The molecular weight excluding hydrogens is 377 g/mol. The number of primary sulfonamides is 1. The molecule has 0 saturated carbocycles. The molecule has 0 unspecified atom stereocenters. The fourth-order valence-electron chi connectivity index (χ4n) is 2.20. The van der Waals surface area contributed by atoms with Crippen LogP contribution in [0.2, 0.25) is 0 Å². The van der Waals surface area contributed by atoms with Crippen LogP contribution in [-0.2, 0) is 16.4 Å². The third-order valence-electron chi connectivity index (χ3n) is 3.52. The van der Waals surface area contributed by atoms with E-state index >= 15 is 0 Å². The van der Waals surface area contributed by atoms with Crippen LogP contribution in [0.3, 0.4) is 0 Å². The number of hydrogen-bond acceptors (Lipinski definition) is 7. The molecule has 0 aliphatic heterocycles. The number of halogens is 1. The lowest BCUT2D eigenvalue weighted by Crippen LogP contribution is -2.27. The van der Waals surface area contributed by atoms with Gasteiger partial charge in [-0.1, -0.05) is 5.16 Å². The lowest BCUT2D eigenvalue weighted by Gasteiger charge is -2.06. The average molecular weight is 391 g/mol. The summed E-state index contributed by atoms with van der Waals surface area (Å²) in [6.45, 7) is 0.0759. The second-order valence-corrected chi connectivity index (χ2v) is 7.01. The Labute approximate surface area is 153 Å². The van der Waals surface area contributed by atoms with Crippen molar-refractivity contribution >= 4 is 15.9 Å². The Morgan fingerprint density at radius 2 is 2.11 bits per heavy atom. The van der Waals surface area contributed by atoms with Gasteiger partial charge < -0.3 is 9.84 Å². The van der Waals surface area contributed by atoms with E-state index < -0.39 is 27.3 Å². The van der Waals surface area contributed by atoms with Crippen LogP contribution in [-0.4, -0.2) is 36.0 Å². The van der Waals surface area contributed by atoms with E-state index in [4.69, 9.17) is 9.66 Å². The molecule has 0 radical (unpaired) electrons. The maximum atomic E-state index is 13.8. The number of benzene rings is 1. The molecule has 3 N–H and O–H groups in total. The molecule has 1 aromatic carbocycles. The smallest absolute Gasteiger partial charge is 0.254 e. The van der Waals surface area contributed by atoms with Crippen LogP contribution in [0.15, 0.2) is 52.1 Å². The second-order valence-electron chi connectivity index (χ2n) is 5.45. The monoisotopic (exact) mass is 391 g/mol. The van der Waals surface area contributed by atoms with Gasteiger partial charge in [0, 0.05) is 30.9 Å². The molecule has 0 aliphatic carbocycles. The third kappa shape index (κ3) is 4.51. The molecule has 140 valence electrons. The van der Waals surface area contributed by atoms with Crippen LogP contribution in [0, 0.1) is 5.82 Å². The van der Waals surface area contributed by atoms with Crippen LogP contribution >= 0.6 is 0 Å². The Morgan fingerprint density at radius 1 is 1.30 bits per heavy atom. The average Bonchev–Trinajstić information content (AvgIpc) is 3.10. The molecular formula is C16H14FN5O4S. The maximum absolute atomic E-state index is 13.8. The minimum atomic E-state index is -4.05. The van der Waals surface area contributed by atoms with Gasteiger partial charge in [0.05, 0.1) is 10.5 Å². The first-order valence-electron chi connectivity index (χ1n) is 7.68. The predicted molar refractivity (Wildman–Crippen MR) is 91.3 cm³/mol. The van der Waals surface area contributed by atoms with Gasteiger partial charge in [0.15, 0.2) is 0 Å². The summed E-state index contributed by atoms with van der Waals surface area (Å²) >= 11 is 0. The summed E-state index contributed by atoms with van der Waals surface area (Å²) in [5, 5.41) is 11.3. The largest absolute Gasteiger partial charge is 0.351 e. The number of carbonyl (C=O) groups excluding carboxylic acids is 1. The Balaban J connectivity index is 1.63. The number of sulfonamides is 1. The van der Waals surface area contributed by atoms with Gasteiger partial charge in [0.1, 0.15) is 5.82 Å².